The Morgan fingerprint density at radius 3 is 2.37 bits per heavy atom. The van der Waals surface area contributed by atoms with Crippen LogP contribution < -0.4 is 21.3 Å². The second-order valence-electron chi connectivity index (χ2n) is 11.1. The van der Waals surface area contributed by atoms with E-state index < -0.39 is 0 Å². The number of fused-ring (bicyclic) bond motifs is 3. The summed E-state index contributed by atoms with van der Waals surface area (Å²) in [4.78, 5) is 36.7. The van der Waals surface area contributed by atoms with Gasteiger partial charge in [-0.3, -0.25) is 5.32 Å². The van der Waals surface area contributed by atoms with E-state index in [1.807, 2.05) is 86.0 Å². The number of aromatic amines is 2. The minimum absolute atomic E-state index is 0.0744. The first-order valence-electron chi connectivity index (χ1n) is 14.3. The molecule has 0 spiro atoms. The molecule has 0 atom stereocenters. The summed E-state index contributed by atoms with van der Waals surface area (Å²) >= 11 is 0. The van der Waals surface area contributed by atoms with Gasteiger partial charge in [0, 0.05) is 51.9 Å². The minimum Gasteiger partial charge on any atom is -0.361 e. The van der Waals surface area contributed by atoms with Crippen molar-refractivity contribution in [3.05, 3.63) is 119 Å². The maximum Gasteiger partial charge on any atom is 0.324 e. The van der Waals surface area contributed by atoms with Crippen LogP contribution in [0.1, 0.15) is 27.9 Å². The number of hydrogen-bond donors (Lipinski definition) is 6. The molecule has 1 aliphatic rings. The Kier molecular flexibility index (Phi) is 6.75. The van der Waals surface area contributed by atoms with Crippen LogP contribution in [0.25, 0.3) is 21.8 Å². The van der Waals surface area contributed by atoms with Crippen LogP contribution in [0.5, 0.6) is 0 Å². The molecule has 0 radical (unpaired) electrons. The van der Waals surface area contributed by atoms with Gasteiger partial charge in [-0.25, -0.2) is 14.6 Å². The molecule has 1 aliphatic carbocycles. The molecule has 0 saturated carbocycles. The number of rotatable bonds is 6. The standard InChI is InChI=1S/C34H31N7O2/c1-20-12-21(14-32(37-20)41-34(43)38-26-7-6-22-8-10-35-30(22)18-26)13-25-17-28(19-31-29(25)9-11-36-31)40-33(42)39-27-15-23-4-2-3-5-24(23)16-27/h2-12,14,17-19,27,35-36H,13,15-16H2,1H3,(H2,39,40,42)(H2,37,38,41,43). The van der Waals surface area contributed by atoms with Crippen LogP contribution in [0.3, 0.4) is 0 Å². The van der Waals surface area contributed by atoms with E-state index >= 15 is 0 Å². The molecule has 43 heavy (non-hydrogen) atoms. The summed E-state index contributed by atoms with van der Waals surface area (Å²) in [6.45, 7) is 1.90. The van der Waals surface area contributed by atoms with Crippen LogP contribution in [0.2, 0.25) is 0 Å². The lowest BCUT2D eigenvalue weighted by Gasteiger charge is -2.15. The average Bonchev–Trinajstić information content (AvgIpc) is 3.71. The molecule has 4 amide bonds. The fourth-order valence-electron chi connectivity index (χ4n) is 6.01. The lowest BCUT2D eigenvalue weighted by atomic mass is 10.0. The Labute approximate surface area is 248 Å². The third kappa shape index (κ3) is 5.78. The van der Waals surface area contributed by atoms with Crippen molar-refractivity contribution < 1.29 is 9.59 Å². The van der Waals surface area contributed by atoms with Gasteiger partial charge in [-0.2, -0.15) is 0 Å². The van der Waals surface area contributed by atoms with Gasteiger partial charge in [0.2, 0.25) is 0 Å². The third-order valence-electron chi connectivity index (χ3n) is 7.86. The molecule has 6 aromatic rings. The predicted octanol–water partition coefficient (Wildman–Crippen LogP) is 6.88. The summed E-state index contributed by atoms with van der Waals surface area (Å²) in [5.41, 5.74) is 8.68. The van der Waals surface area contributed by atoms with Crippen LogP contribution >= 0.6 is 0 Å². The maximum atomic E-state index is 12.9. The van der Waals surface area contributed by atoms with Gasteiger partial charge in [-0.05, 0) is 102 Å². The van der Waals surface area contributed by atoms with Crippen LogP contribution in [-0.2, 0) is 19.3 Å². The molecular weight excluding hydrogens is 538 g/mol. The predicted molar refractivity (Wildman–Crippen MR) is 171 cm³/mol. The fraction of sp³-hybridized carbons (Fsp3) is 0.147. The topological polar surface area (TPSA) is 127 Å². The van der Waals surface area contributed by atoms with Crippen LogP contribution in [0.15, 0.2) is 91.3 Å². The quantitative estimate of drug-likeness (QED) is 0.131. The molecule has 0 fully saturated rings. The molecule has 9 nitrogen and oxygen atoms in total. The summed E-state index contributed by atoms with van der Waals surface area (Å²) < 4.78 is 0. The lowest BCUT2D eigenvalue weighted by molar-refractivity contribution is 0.248. The van der Waals surface area contributed by atoms with Crippen molar-refractivity contribution in [1.82, 2.24) is 20.3 Å². The van der Waals surface area contributed by atoms with Gasteiger partial charge in [-0.1, -0.05) is 30.3 Å². The number of amides is 4. The highest BCUT2D eigenvalue weighted by molar-refractivity contribution is 6.00. The number of aromatic nitrogens is 3. The molecule has 0 aliphatic heterocycles. The van der Waals surface area contributed by atoms with Crippen molar-refractivity contribution in [2.45, 2.75) is 32.2 Å². The van der Waals surface area contributed by atoms with E-state index in [0.29, 0.717) is 23.6 Å². The molecule has 6 N–H and O–H groups in total. The van der Waals surface area contributed by atoms with Crippen LogP contribution in [-0.4, -0.2) is 33.1 Å². The van der Waals surface area contributed by atoms with E-state index in [1.165, 1.54) is 11.1 Å². The number of hydrogen-bond acceptors (Lipinski definition) is 3. The average molecular weight is 570 g/mol. The van der Waals surface area contributed by atoms with E-state index in [0.717, 1.165) is 51.5 Å². The molecule has 0 saturated heterocycles. The summed E-state index contributed by atoms with van der Waals surface area (Å²) in [6, 6.07) is 25.4. The Morgan fingerprint density at radius 1 is 0.791 bits per heavy atom. The Hall–Kier alpha value is -5.57. The van der Waals surface area contributed by atoms with E-state index in [4.69, 9.17) is 0 Å². The largest absolute Gasteiger partial charge is 0.361 e. The van der Waals surface area contributed by atoms with Crippen molar-refractivity contribution in [1.29, 1.82) is 0 Å². The number of H-pyrrole nitrogens is 2. The molecule has 3 heterocycles. The summed E-state index contributed by atoms with van der Waals surface area (Å²) in [5.74, 6) is 0.463. The van der Waals surface area contributed by atoms with Crippen molar-refractivity contribution in [2.75, 3.05) is 16.0 Å². The number of benzene rings is 3. The van der Waals surface area contributed by atoms with Gasteiger partial charge in [0.25, 0.3) is 0 Å². The molecular formula is C34H31N7O2. The highest BCUT2D eigenvalue weighted by atomic mass is 16.2. The molecule has 214 valence electrons. The fourth-order valence-corrected chi connectivity index (χ4v) is 6.01. The monoisotopic (exact) mass is 569 g/mol. The Morgan fingerprint density at radius 2 is 1.53 bits per heavy atom. The summed E-state index contributed by atoms with van der Waals surface area (Å²) in [6.07, 6.45) is 6.02. The first-order chi connectivity index (χ1) is 20.9. The van der Waals surface area contributed by atoms with Crippen LogP contribution in [0, 0.1) is 6.92 Å². The van der Waals surface area contributed by atoms with Gasteiger partial charge in [0.05, 0.1) is 0 Å². The Bertz CT molecular complexity index is 1960. The molecule has 0 unspecified atom stereocenters. The number of urea groups is 2. The van der Waals surface area contributed by atoms with Gasteiger partial charge < -0.3 is 25.9 Å². The molecule has 9 heteroatoms. The summed E-state index contributed by atoms with van der Waals surface area (Å²) in [7, 11) is 0. The van der Waals surface area contributed by atoms with Crippen molar-refractivity contribution in [2.24, 2.45) is 0 Å². The minimum atomic E-state index is -0.370. The highest BCUT2D eigenvalue weighted by Crippen LogP contribution is 2.27. The Balaban J connectivity index is 1.05. The van der Waals surface area contributed by atoms with E-state index in [1.54, 1.807) is 0 Å². The van der Waals surface area contributed by atoms with Crippen molar-refractivity contribution >= 4 is 51.1 Å². The number of carbonyl (C=O) groups excluding carboxylic acids is 2. The van der Waals surface area contributed by atoms with E-state index in [-0.39, 0.29) is 18.1 Å². The highest BCUT2D eigenvalue weighted by Gasteiger charge is 2.22. The second-order valence-corrected chi connectivity index (χ2v) is 11.1. The number of aryl methyl sites for hydroxylation is 1. The van der Waals surface area contributed by atoms with Gasteiger partial charge in [0.1, 0.15) is 5.82 Å². The molecule has 7 rings (SSSR count). The maximum absolute atomic E-state index is 12.9. The SMILES string of the molecule is Cc1cc(Cc2cc(NC(=O)NC3Cc4ccccc4C3)cc3[nH]ccc23)cc(NC(=O)Nc2ccc3cc[nH]c3c2)n1. The first kappa shape index (κ1) is 26.3. The normalized spacial score (nSPS) is 12.8. The zero-order valence-corrected chi connectivity index (χ0v) is 23.6. The number of nitrogens with zero attached hydrogens (tertiary/aromatic N) is 1. The molecule has 0 bridgehead atoms. The lowest BCUT2D eigenvalue weighted by Crippen LogP contribution is -2.38. The zero-order chi connectivity index (χ0) is 29.3. The van der Waals surface area contributed by atoms with Crippen molar-refractivity contribution in [3.63, 3.8) is 0 Å². The number of nitrogens with one attached hydrogen (secondary N) is 6. The summed E-state index contributed by atoms with van der Waals surface area (Å²) in [5, 5.41) is 14.1. The number of anilines is 3. The van der Waals surface area contributed by atoms with Gasteiger partial charge >= 0.3 is 12.1 Å². The molecule has 3 aromatic carbocycles. The molecule has 3 aromatic heterocycles. The first-order valence-corrected chi connectivity index (χ1v) is 14.3. The van der Waals surface area contributed by atoms with Crippen LogP contribution in [0.4, 0.5) is 26.8 Å². The van der Waals surface area contributed by atoms with E-state index in [9.17, 15) is 9.59 Å². The smallest absolute Gasteiger partial charge is 0.324 e. The van der Waals surface area contributed by atoms with E-state index in [2.05, 4.69) is 48.4 Å². The number of pyridine rings is 1. The van der Waals surface area contributed by atoms with Crippen molar-refractivity contribution in [3.8, 4) is 0 Å². The van der Waals surface area contributed by atoms with Gasteiger partial charge in [0.15, 0.2) is 0 Å². The van der Waals surface area contributed by atoms with Gasteiger partial charge in [-0.15, -0.1) is 0 Å². The third-order valence-corrected chi connectivity index (χ3v) is 7.86. The zero-order valence-electron chi connectivity index (χ0n) is 23.6. The number of carbonyl (C=O) groups is 2. The second kappa shape index (κ2) is 11.0.